The summed E-state index contributed by atoms with van der Waals surface area (Å²) in [6, 6.07) is 8.22. The van der Waals surface area contributed by atoms with E-state index in [1.165, 1.54) is 5.56 Å². The molecule has 1 heterocycles. The van der Waals surface area contributed by atoms with Crippen molar-refractivity contribution in [1.29, 1.82) is 0 Å². The van der Waals surface area contributed by atoms with Crippen LogP contribution in [-0.2, 0) is 0 Å². The van der Waals surface area contributed by atoms with Gasteiger partial charge >= 0.3 is 0 Å². The van der Waals surface area contributed by atoms with Crippen molar-refractivity contribution >= 4 is 0 Å². The highest BCUT2D eigenvalue weighted by Crippen LogP contribution is 2.17. The van der Waals surface area contributed by atoms with Gasteiger partial charge in [0.05, 0.1) is 0 Å². The van der Waals surface area contributed by atoms with E-state index in [-0.39, 0.29) is 0 Å². The summed E-state index contributed by atoms with van der Waals surface area (Å²) in [5.74, 6) is 0.998. The van der Waals surface area contributed by atoms with Gasteiger partial charge in [0.1, 0.15) is 11.9 Å². The highest BCUT2D eigenvalue weighted by atomic mass is 16.5. The van der Waals surface area contributed by atoms with E-state index >= 15 is 0 Å². The second-order valence-corrected chi connectivity index (χ2v) is 3.78. The van der Waals surface area contributed by atoms with Crippen LogP contribution in [0, 0.1) is 6.92 Å². The molecular weight excluding hydrogens is 162 g/mol. The Kier molecular flexibility index (Phi) is 2.23. The lowest BCUT2D eigenvalue weighted by molar-refractivity contribution is 0.0388. The molecular formula is C11H15NO. The standard InChI is InChI=1S/C11H15NO/c1-9-4-3-5-10(6-9)13-11-7-12(2)8-11/h3-6,11H,7-8H2,1-2H3. The second-order valence-electron chi connectivity index (χ2n) is 3.78. The average Bonchev–Trinajstić information content (AvgIpc) is 2.01. The fourth-order valence-electron chi connectivity index (χ4n) is 1.60. The fourth-order valence-corrected chi connectivity index (χ4v) is 1.60. The summed E-state index contributed by atoms with van der Waals surface area (Å²) in [5, 5.41) is 0. The molecule has 0 aromatic heterocycles. The first-order valence-corrected chi connectivity index (χ1v) is 4.66. The molecule has 1 aromatic carbocycles. The predicted octanol–water partition coefficient (Wildman–Crippen LogP) is 1.69. The highest BCUT2D eigenvalue weighted by molar-refractivity contribution is 5.27. The van der Waals surface area contributed by atoms with Crippen LogP contribution < -0.4 is 4.74 Å². The van der Waals surface area contributed by atoms with Crippen molar-refractivity contribution < 1.29 is 4.74 Å². The SMILES string of the molecule is Cc1cccc(OC2CN(C)C2)c1. The molecule has 2 nitrogen and oxygen atoms in total. The minimum Gasteiger partial charge on any atom is -0.488 e. The van der Waals surface area contributed by atoms with Crippen molar-refractivity contribution in [3.8, 4) is 5.75 Å². The van der Waals surface area contributed by atoms with E-state index in [0.29, 0.717) is 6.10 Å². The van der Waals surface area contributed by atoms with Crippen LogP contribution in [0.1, 0.15) is 5.56 Å². The minimum absolute atomic E-state index is 0.395. The summed E-state index contributed by atoms with van der Waals surface area (Å²) < 4.78 is 5.76. The Labute approximate surface area is 79.1 Å². The van der Waals surface area contributed by atoms with E-state index in [9.17, 15) is 0 Å². The molecule has 1 aliphatic heterocycles. The molecule has 1 fully saturated rings. The smallest absolute Gasteiger partial charge is 0.124 e. The summed E-state index contributed by atoms with van der Waals surface area (Å²) in [4.78, 5) is 2.25. The first-order chi connectivity index (χ1) is 6.24. The van der Waals surface area contributed by atoms with Crippen LogP contribution in [-0.4, -0.2) is 31.1 Å². The number of ether oxygens (including phenoxy) is 1. The van der Waals surface area contributed by atoms with Crippen LogP contribution in [0.4, 0.5) is 0 Å². The number of rotatable bonds is 2. The maximum atomic E-state index is 5.76. The third-order valence-corrected chi connectivity index (χ3v) is 2.32. The van der Waals surface area contributed by atoms with E-state index in [2.05, 4.69) is 31.0 Å². The summed E-state index contributed by atoms with van der Waals surface area (Å²) in [6.45, 7) is 4.18. The second kappa shape index (κ2) is 3.38. The maximum absolute atomic E-state index is 5.76. The zero-order chi connectivity index (χ0) is 9.26. The molecule has 0 saturated carbocycles. The van der Waals surface area contributed by atoms with E-state index in [0.717, 1.165) is 18.8 Å². The van der Waals surface area contributed by atoms with Gasteiger partial charge in [-0.1, -0.05) is 12.1 Å². The lowest BCUT2D eigenvalue weighted by Gasteiger charge is -2.36. The molecule has 2 heteroatoms. The summed E-state index contributed by atoms with van der Waals surface area (Å²) in [6.07, 6.45) is 0.395. The van der Waals surface area contributed by atoms with Gasteiger partial charge in [0.25, 0.3) is 0 Å². The van der Waals surface area contributed by atoms with Crippen LogP contribution in [0.15, 0.2) is 24.3 Å². The van der Waals surface area contributed by atoms with Crippen LogP contribution in [0.2, 0.25) is 0 Å². The van der Waals surface area contributed by atoms with Crippen LogP contribution >= 0.6 is 0 Å². The Bertz CT molecular complexity index is 292. The molecule has 0 amide bonds. The number of nitrogens with zero attached hydrogens (tertiary/aromatic N) is 1. The number of likely N-dealkylation sites (tertiary alicyclic amines) is 1. The Hall–Kier alpha value is -1.02. The zero-order valence-corrected chi connectivity index (χ0v) is 8.16. The molecule has 0 spiro atoms. The quantitative estimate of drug-likeness (QED) is 0.681. The van der Waals surface area contributed by atoms with Crippen LogP contribution in [0.3, 0.4) is 0 Å². The molecule has 0 bridgehead atoms. The number of hydrogen-bond donors (Lipinski definition) is 0. The average molecular weight is 177 g/mol. The number of likely N-dealkylation sites (N-methyl/N-ethyl adjacent to an activating group) is 1. The molecule has 0 atom stereocenters. The number of hydrogen-bond acceptors (Lipinski definition) is 2. The summed E-state index contributed by atoms with van der Waals surface area (Å²) >= 11 is 0. The van der Waals surface area contributed by atoms with Gasteiger partial charge < -0.3 is 4.74 Å². The zero-order valence-electron chi connectivity index (χ0n) is 8.16. The van der Waals surface area contributed by atoms with Gasteiger partial charge in [-0.2, -0.15) is 0 Å². The summed E-state index contributed by atoms with van der Waals surface area (Å²) in [5.41, 5.74) is 1.25. The largest absolute Gasteiger partial charge is 0.488 e. The van der Waals surface area contributed by atoms with Crippen molar-refractivity contribution in [2.75, 3.05) is 20.1 Å². The Balaban J connectivity index is 1.94. The molecule has 2 rings (SSSR count). The van der Waals surface area contributed by atoms with Crippen molar-refractivity contribution in [3.63, 3.8) is 0 Å². The molecule has 1 aliphatic rings. The van der Waals surface area contributed by atoms with E-state index < -0.39 is 0 Å². The van der Waals surface area contributed by atoms with Crippen molar-refractivity contribution in [2.24, 2.45) is 0 Å². The fraction of sp³-hybridized carbons (Fsp3) is 0.455. The third kappa shape index (κ3) is 2.01. The molecule has 0 radical (unpaired) electrons. The lowest BCUT2D eigenvalue weighted by Crippen LogP contribution is -2.51. The maximum Gasteiger partial charge on any atom is 0.124 e. The minimum atomic E-state index is 0.395. The summed E-state index contributed by atoms with van der Waals surface area (Å²) in [7, 11) is 2.11. The van der Waals surface area contributed by atoms with Crippen molar-refractivity contribution in [1.82, 2.24) is 4.90 Å². The molecule has 1 aromatic rings. The van der Waals surface area contributed by atoms with Gasteiger partial charge in [-0.25, -0.2) is 0 Å². The monoisotopic (exact) mass is 177 g/mol. The van der Waals surface area contributed by atoms with Crippen molar-refractivity contribution in [2.45, 2.75) is 13.0 Å². The topological polar surface area (TPSA) is 12.5 Å². The van der Waals surface area contributed by atoms with Crippen LogP contribution in [0.25, 0.3) is 0 Å². The first kappa shape index (κ1) is 8.57. The Morgan fingerprint density at radius 1 is 1.38 bits per heavy atom. The lowest BCUT2D eigenvalue weighted by atomic mass is 10.2. The van der Waals surface area contributed by atoms with Gasteiger partial charge in [-0.15, -0.1) is 0 Å². The van der Waals surface area contributed by atoms with Crippen molar-refractivity contribution in [3.05, 3.63) is 29.8 Å². The number of benzene rings is 1. The van der Waals surface area contributed by atoms with E-state index in [4.69, 9.17) is 4.74 Å². The normalized spacial score (nSPS) is 18.3. The van der Waals surface area contributed by atoms with Gasteiger partial charge in [-0.05, 0) is 31.7 Å². The molecule has 1 saturated heterocycles. The van der Waals surface area contributed by atoms with Gasteiger partial charge in [-0.3, -0.25) is 4.90 Å². The molecule has 13 heavy (non-hydrogen) atoms. The Morgan fingerprint density at radius 3 is 2.77 bits per heavy atom. The molecule has 0 N–H and O–H groups in total. The van der Waals surface area contributed by atoms with Gasteiger partial charge in [0.2, 0.25) is 0 Å². The first-order valence-electron chi connectivity index (χ1n) is 4.66. The molecule has 0 aliphatic carbocycles. The predicted molar refractivity (Wildman–Crippen MR) is 53.1 cm³/mol. The number of aryl methyl sites for hydroxylation is 1. The Morgan fingerprint density at radius 2 is 2.15 bits per heavy atom. The third-order valence-electron chi connectivity index (χ3n) is 2.32. The van der Waals surface area contributed by atoms with E-state index in [1.807, 2.05) is 12.1 Å². The van der Waals surface area contributed by atoms with Gasteiger partial charge in [0, 0.05) is 13.1 Å². The highest BCUT2D eigenvalue weighted by Gasteiger charge is 2.24. The van der Waals surface area contributed by atoms with E-state index in [1.54, 1.807) is 0 Å². The van der Waals surface area contributed by atoms with Gasteiger partial charge in [0.15, 0.2) is 0 Å². The molecule has 0 unspecified atom stereocenters. The van der Waals surface area contributed by atoms with Crippen LogP contribution in [0.5, 0.6) is 5.75 Å². The molecule has 70 valence electrons.